The van der Waals surface area contributed by atoms with Crippen LogP contribution < -0.4 is 0 Å². The van der Waals surface area contributed by atoms with E-state index in [2.05, 4.69) is 9.84 Å². The average Bonchev–Trinajstić information content (AvgIpc) is 2.58. The van der Waals surface area contributed by atoms with Crippen LogP contribution in [-0.4, -0.2) is 28.5 Å². The summed E-state index contributed by atoms with van der Waals surface area (Å²) in [4.78, 5) is 11.3. The molecule has 0 aliphatic carbocycles. The van der Waals surface area contributed by atoms with Gasteiger partial charge in [-0.1, -0.05) is 7.43 Å². The van der Waals surface area contributed by atoms with Gasteiger partial charge in [0.05, 0.1) is 6.61 Å². The van der Waals surface area contributed by atoms with Gasteiger partial charge in [-0.3, -0.25) is 4.68 Å². The molecule has 8 heteroatoms. The number of hydrogen-bond donors (Lipinski definition) is 0. The third-order valence-electron chi connectivity index (χ3n) is 1.88. The van der Waals surface area contributed by atoms with E-state index in [0.717, 1.165) is 10.9 Å². The predicted molar refractivity (Wildman–Crippen MR) is 55.8 cm³/mol. The van der Waals surface area contributed by atoms with Crippen LogP contribution in [0.1, 0.15) is 36.6 Å². The second kappa shape index (κ2) is 5.83. The minimum absolute atomic E-state index is 0. The molecule has 1 atom stereocenters. The average molecular weight is 270 g/mol. The van der Waals surface area contributed by atoms with Crippen LogP contribution in [0.15, 0.2) is 6.20 Å². The van der Waals surface area contributed by atoms with E-state index in [1.165, 1.54) is 14.0 Å². The fourth-order valence-corrected chi connectivity index (χ4v) is 1.21. The first-order chi connectivity index (χ1) is 7.77. The molecule has 0 saturated carbocycles. The maximum absolute atomic E-state index is 13.1. The molecule has 0 spiro atoms. The van der Waals surface area contributed by atoms with Crippen LogP contribution in [0.4, 0.5) is 17.6 Å². The summed E-state index contributed by atoms with van der Waals surface area (Å²) >= 11 is 0. The first kappa shape index (κ1) is 16.4. The van der Waals surface area contributed by atoms with Crippen LogP contribution in [0.25, 0.3) is 0 Å². The van der Waals surface area contributed by atoms with Crippen LogP contribution in [0.2, 0.25) is 0 Å². The summed E-state index contributed by atoms with van der Waals surface area (Å²) in [6.07, 6.45) is -7.41. The quantitative estimate of drug-likeness (QED) is 0.626. The van der Waals surface area contributed by atoms with Crippen LogP contribution in [0.5, 0.6) is 0 Å². The van der Waals surface area contributed by atoms with Gasteiger partial charge in [0, 0.05) is 13.2 Å². The molecule has 0 aliphatic rings. The third-order valence-corrected chi connectivity index (χ3v) is 1.88. The Bertz CT molecular complexity index is 415. The summed E-state index contributed by atoms with van der Waals surface area (Å²) in [5.41, 5.74) is -1.49. The number of aromatic nitrogens is 2. The second-order valence-corrected chi connectivity index (χ2v) is 3.23. The van der Waals surface area contributed by atoms with Gasteiger partial charge in [0.2, 0.25) is 6.17 Å². The van der Waals surface area contributed by atoms with Crippen molar-refractivity contribution in [1.82, 2.24) is 9.78 Å². The van der Waals surface area contributed by atoms with E-state index in [4.69, 9.17) is 0 Å². The fourth-order valence-electron chi connectivity index (χ4n) is 1.21. The Hall–Kier alpha value is -1.60. The molecule has 0 N–H and O–H groups in total. The van der Waals surface area contributed by atoms with Crippen LogP contribution in [0.3, 0.4) is 0 Å². The molecule has 0 aromatic carbocycles. The van der Waals surface area contributed by atoms with Crippen molar-refractivity contribution in [3.63, 3.8) is 0 Å². The molecule has 4 nitrogen and oxygen atoms in total. The number of alkyl halides is 4. The van der Waals surface area contributed by atoms with Crippen molar-refractivity contribution >= 4 is 5.97 Å². The van der Waals surface area contributed by atoms with Gasteiger partial charge in [-0.25, -0.2) is 9.18 Å². The first-order valence-corrected chi connectivity index (χ1v) is 4.68. The Labute approximate surface area is 102 Å². The lowest BCUT2D eigenvalue weighted by atomic mass is 10.1. The molecule has 0 saturated heterocycles. The van der Waals surface area contributed by atoms with E-state index >= 15 is 0 Å². The van der Waals surface area contributed by atoms with Gasteiger partial charge in [0.15, 0.2) is 0 Å². The van der Waals surface area contributed by atoms with Crippen molar-refractivity contribution in [2.75, 3.05) is 6.61 Å². The molecular weight excluding hydrogens is 256 g/mol. The van der Waals surface area contributed by atoms with E-state index in [1.54, 1.807) is 0 Å². The normalized spacial score (nSPS) is 12.8. The number of nitrogens with zero attached hydrogens (tertiary/aromatic N) is 2. The zero-order valence-electron chi connectivity index (χ0n) is 9.08. The highest BCUT2D eigenvalue weighted by Crippen LogP contribution is 2.36. The van der Waals surface area contributed by atoms with Gasteiger partial charge in [0.1, 0.15) is 11.3 Å². The summed E-state index contributed by atoms with van der Waals surface area (Å²) in [5, 5.41) is 3.30. The summed E-state index contributed by atoms with van der Waals surface area (Å²) in [7, 11) is 1.29. The van der Waals surface area contributed by atoms with Gasteiger partial charge in [0.25, 0.3) is 0 Å². The standard InChI is InChI=1S/C9H10F4N2O2.CH4/c1-3-17-8(16)5-4-15(2)14-6(5)7(10)9(11,12)13;/h4,7H,3H2,1-2H3;1H4. The van der Waals surface area contributed by atoms with E-state index in [-0.39, 0.29) is 14.0 Å². The zero-order chi connectivity index (χ0) is 13.2. The Morgan fingerprint density at radius 1 is 1.56 bits per heavy atom. The van der Waals surface area contributed by atoms with Gasteiger partial charge >= 0.3 is 12.1 Å². The monoisotopic (exact) mass is 270 g/mol. The number of aryl methyl sites for hydroxylation is 1. The second-order valence-electron chi connectivity index (χ2n) is 3.23. The lowest BCUT2D eigenvalue weighted by Crippen LogP contribution is -2.20. The smallest absolute Gasteiger partial charge is 0.425 e. The minimum atomic E-state index is -5.10. The van der Waals surface area contributed by atoms with Gasteiger partial charge < -0.3 is 4.74 Å². The molecule has 1 aromatic rings. The topological polar surface area (TPSA) is 44.1 Å². The number of ether oxygens (including phenoxy) is 1. The Morgan fingerprint density at radius 2 is 2.11 bits per heavy atom. The fraction of sp³-hybridized carbons (Fsp3) is 0.600. The summed E-state index contributed by atoms with van der Waals surface area (Å²) in [6, 6.07) is 0. The number of carbonyl (C=O) groups excluding carboxylic acids is 1. The SMILES string of the molecule is C.CCOC(=O)c1cn(C)nc1C(F)C(F)(F)F. The van der Waals surface area contributed by atoms with E-state index in [0.29, 0.717) is 0 Å². The van der Waals surface area contributed by atoms with Gasteiger partial charge in [-0.2, -0.15) is 18.3 Å². The lowest BCUT2D eigenvalue weighted by molar-refractivity contribution is -0.184. The first-order valence-electron chi connectivity index (χ1n) is 4.68. The summed E-state index contributed by atoms with van der Waals surface area (Å²) in [5.74, 6) is -1.03. The number of carbonyl (C=O) groups is 1. The van der Waals surface area contributed by atoms with Gasteiger partial charge in [-0.05, 0) is 6.92 Å². The molecule has 1 rings (SSSR count). The van der Waals surface area contributed by atoms with Crippen molar-refractivity contribution in [2.45, 2.75) is 26.7 Å². The molecule has 1 unspecified atom stereocenters. The van der Waals surface area contributed by atoms with Crippen molar-refractivity contribution < 1.29 is 27.1 Å². The van der Waals surface area contributed by atoms with Crippen LogP contribution >= 0.6 is 0 Å². The largest absolute Gasteiger partial charge is 0.462 e. The van der Waals surface area contributed by atoms with Crippen molar-refractivity contribution in [1.29, 1.82) is 0 Å². The number of rotatable bonds is 3. The van der Waals surface area contributed by atoms with Crippen molar-refractivity contribution in [3.8, 4) is 0 Å². The molecule has 0 bridgehead atoms. The molecule has 1 heterocycles. The molecular formula is C10H14F4N2O2. The predicted octanol–water partition coefficient (Wildman–Crippen LogP) is 2.81. The third kappa shape index (κ3) is 3.44. The maximum atomic E-state index is 13.1. The molecule has 0 aliphatic heterocycles. The van der Waals surface area contributed by atoms with Crippen LogP contribution in [-0.2, 0) is 11.8 Å². The van der Waals surface area contributed by atoms with E-state index in [1.807, 2.05) is 0 Å². The summed E-state index contributed by atoms with van der Waals surface area (Å²) < 4.78 is 55.1. The molecule has 1 aromatic heterocycles. The number of hydrogen-bond acceptors (Lipinski definition) is 3. The lowest BCUT2D eigenvalue weighted by Gasteiger charge is -2.11. The number of halogens is 4. The highest BCUT2D eigenvalue weighted by Gasteiger charge is 2.45. The highest BCUT2D eigenvalue weighted by molar-refractivity contribution is 5.90. The minimum Gasteiger partial charge on any atom is -0.462 e. The molecule has 104 valence electrons. The molecule has 0 radical (unpaired) electrons. The molecule has 0 fully saturated rings. The Morgan fingerprint density at radius 3 is 2.56 bits per heavy atom. The number of esters is 1. The zero-order valence-corrected chi connectivity index (χ0v) is 9.08. The van der Waals surface area contributed by atoms with Crippen LogP contribution in [0, 0.1) is 0 Å². The van der Waals surface area contributed by atoms with Crippen molar-refractivity contribution in [2.24, 2.45) is 7.05 Å². The van der Waals surface area contributed by atoms with Crippen molar-refractivity contribution in [3.05, 3.63) is 17.5 Å². The van der Waals surface area contributed by atoms with E-state index in [9.17, 15) is 22.4 Å². The van der Waals surface area contributed by atoms with Gasteiger partial charge in [-0.15, -0.1) is 0 Å². The Balaban J connectivity index is 0.00000289. The Kier molecular flexibility index (Phi) is 5.31. The molecule has 18 heavy (non-hydrogen) atoms. The maximum Gasteiger partial charge on any atom is 0.425 e. The molecule has 0 amide bonds. The summed E-state index contributed by atoms with van der Waals surface area (Å²) in [6.45, 7) is 1.47. The highest BCUT2D eigenvalue weighted by atomic mass is 19.4. The van der Waals surface area contributed by atoms with E-state index < -0.39 is 29.6 Å².